The molecule has 0 aliphatic heterocycles. The van der Waals surface area contributed by atoms with Crippen molar-refractivity contribution in [2.45, 2.75) is 11.8 Å². The average Bonchev–Trinajstić information content (AvgIpc) is 2.66. The van der Waals surface area contributed by atoms with Crippen LogP contribution in [0.1, 0.15) is 22.8 Å². The number of carbonyl (C=O) groups excluding carboxylic acids is 1. The highest BCUT2D eigenvalue weighted by atomic mass is 32.2. The third-order valence-electron chi connectivity index (χ3n) is 3.57. The lowest BCUT2D eigenvalue weighted by molar-refractivity contribution is 0.104. The third kappa shape index (κ3) is 4.79. The fourth-order valence-corrected chi connectivity index (χ4v) is 2.71. The van der Waals surface area contributed by atoms with Crippen molar-refractivity contribution in [3.05, 3.63) is 53.6 Å². The lowest BCUT2D eigenvalue weighted by Gasteiger charge is -2.14. The van der Waals surface area contributed by atoms with Crippen LogP contribution in [0.15, 0.2) is 47.4 Å². The monoisotopic (exact) mass is 358 g/mol. The van der Waals surface area contributed by atoms with E-state index >= 15 is 0 Å². The Morgan fingerprint density at radius 3 is 2.16 bits per heavy atom. The molecule has 0 radical (unpaired) electrons. The number of hydrogen-bond donors (Lipinski definition) is 0. The maximum absolute atomic E-state index is 12.3. The van der Waals surface area contributed by atoms with E-state index in [1.54, 1.807) is 38.1 Å². The minimum absolute atomic E-state index is 0.0560. The minimum atomic E-state index is -0.0560. The topological polar surface area (TPSA) is 44.8 Å². The van der Waals surface area contributed by atoms with Crippen molar-refractivity contribution in [1.29, 1.82) is 0 Å². The zero-order chi connectivity index (χ0) is 18.2. The number of carbonyl (C=O) groups is 1. The molecule has 2 aromatic carbocycles. The maximum Gasteiger partial charge on any atom is 0.203 e. The van der Waals surface area contributed by atoms with Crippen molar-refractivity contribution in [3.63, 3.8) is 0 Å². The summed E-state index contributed by atoms with van der Waals surface area (Å²) in [5, 5.41) is 0. The summed E-state index contributed by atoms with van der Waals surface area (Å²) in [5.41, 5.74) is 1.45. The number of benzene rings is 2. The molecule has 2 rings (SSSR count). The second-order valence-electron chi connectivity index (χ2n) is 5.11. The SMILES string of the molecule is CCOc1c(OC)cc(/C=C/C(=O)c2ccc(SC)cc2)cc1OC. The van der Waals surface area contributed by atoms with Gasteiger partial charge in [0.15, 0.2) is 17.3 Å². The summed E-state index contributed by atoms with van der Waals surface area (Å²) in [5.74, 6) is 1.64. The van der Waals surface area contributed by atoms with Crippen LogP contribution < -0.4 is 14.2 Å². The second-order valence-corrected chi connectivity index (χ2v) is 5.99. The number of methoxy groups -OCH3 is 2. The number of rotatable bonds is 8. The lowest BCUT2D eigenvalue weighted by Crippen LogP contribution is -1.99. The Labute approximate surface area is 152 Å². The number of thioether (sulfide) groups is 1. The summed E-state index contributed by atoms with van der Waals surface area (Å²) in [6, 6.07) is 11.2. The molecule has 0 amide bonds. The molecule has 25 heavy (non-hydrogen) atoms. The van der Waals surface area contributed by atoms with Gasteiger partial charge in [-0.1, -0.05) is 6.08 Å². The van der Waals surface area contributed by atoms with Crippen molar-refractivity contribution >= 4 is 23.6 Å². The van der Waals surface area contributed by atoms with Gasteiger partial charge in [-0.05, 0) is 61.2 Å². The van der Waals surface area contributed by atoms with E-state index in [1.165, 1.54) is 0 Å². The molecule has 132 valence electrons. The molecule has 0 aromatic heterocycles. The fraction of sp³-hybridized carbons (Fsp3) is 0.250. The van der Waals surface area contributed by atoms with E-state index in [1.807, 2.05) is 49.6 Å². The van der Waals surface area contributed by atoms with E-state index in [-0.39, 0.29) is 5.78 Å². The summed E-state index contributed by atoms with van der Waals surface area (Å²) in [4.78, 5) is 13.4. The van der Waals surface area contributed by atoms with Gasteiger partial charge in [0.05, 0.1) is 20.8 Å². The molecule has 0 aliphatic rings. The van der Waals surface area contributed by atoms with Crippen LogP contribution in [0.2, 0.25) is 0 Å². The van der Waals surface area contributed by atoms with E-state index in [2.05, 4.69) is 0 Å². The third-order valence-corrected chi connectivity index (χ3v) is 4.32. The molecule has 0 N–H and O–H groups in total. The molecule has 0 unspecified atom stereocenters. The van der Waals surface area contributed by atoms with Crippen molar-refractivity contribution in [1.82, 2.24) is 0 Å². The van der Waals surface area contributed by atoms with Gasteiger partial charge in [0.2, 0.25) is 5.75 Å². The molecule has 0 bridgehead atoms. The summed E-state index contributed by atoms with van der Waals surface area (Å²) >= 11 is 1.64. The van der Waals surface area contributed by atoms with Gasteiger partial charge in [-0.15, -0.1) is 11.8 Å². The molecule has 4 nitrogen and oxygen atoms in total. The van der Waals surface area contributed by atoms with Crippen molar-refractivity contribution in [2.24, 2.45) is 0 Å². The molecule has 0 spiro atoms. The van der Waals surface area contributed by atoms with E-state index in [0.29, 0.717) is 29.4 Å². The number of ether oxygens (including phenoxy) is 3. The highest BCUT2D eigenvalue weighted by molar-refractivity contribution is 7.98. The Balaban J connectivity index is 2.25. The Kier molecular flexibility index (Phi) is 6.95. The number of hydrogen-bond acceptors (Lipinski definition) is 5. The van der Waals surface area contributed by atoms with Crippen molar-refractivity contribution < 1.29 is 19.0 Å². The highest BCUT2D eigenvalue weighted by Crippen LogP contribution is 2.38. The summed E-state index contributed by atoms with van der Waals surface area (Å²) in [6.45, 7) is 2.40. The predicted molar refractivity (Wildman–Crippen MR) is 102 cm³/mol. The zero-order valence-corrected chi connectivity index (χ0v) is 15.7. The molecule has 0 saturated carbocycles. The average molecular weight is 358 g/mol. The Hall–Kier alpha value is -2.40. The van der Waals surface area contributed by atoms with Gasteiger partial charge >= 0.3 is 0 Å². The first-order chi connectivity index (χ1) is 12.1. The van der Waals surface area contributed by atoms with Crippen LogP contribution in [-0.4, -0.2) is 32.9 Å². The second kappa shape index (κ2) is 9.18. The van der Waals surface area contributed by atoms with Crippen LogP contribution in [0.5, 0.6) is 17.2 Å². The molecule has 0 heterocycles. The normalized spacial score (nSPS) is 10.7. The van der Waals surface area contributed by atoms with E-state index in [4.69, 9.17) is 14.2 Å². The predicted octanol–water partition coefficient (Wildman–Crippen LogP) is 4.72. The van der Waals surface area contributed by atoms with E-state index < -0.39 is 0 Å². The summed E-state index contributed by atoms with van der Waals surface area (Å²) in [7, 11) is 3.15. The van der Waals surface area contributed by atoms with Crippen LogP contribution in [0.4, 0.5) is 0 Å². The van der Waals surface area contributed by atoms with E-state index in [9.17, 15) is 4.79 Å². The van der Waals surface area contributed by atoms with Crippen LogP contribution in [0.3, 0.4) is 0 Å². The standard InChI is InChI=1S/C20H22O4S/c1-5-24-20-18(22-2)12-14(13-19(20)23-3)6-11-17(21)15-7-9-16(25-4)10-8-15/h6-13H,5H2,1-4H3/b11-6+. The Morgan fingerprint density at radius 2 is 1.68 bits per heavy atom. The van der Waals surface area contributed by atoms with Gasteiger partial charge in [-0.3, -0.25) is 4.79 Å². The van der Waals surface area contributed by atoms with Gasteiger partial charge in [-0.2, -0.15) is 0 Å². The van der Waals surface area contributed by atoms with Gasteiger partial charge in [0, 0.05) is 10.5 Å². The van der Waals surface area contributed by atoms with Crippen molar-refractivity contribution in [2.75, 3.05) is 27.1 Å². The maximum atomic E-state index is 12.3. The lowest BCUT2D eigenvalue weighted by atomic mass is 10.1. The Morgan fingerprint density at radius 1 is 1.08 bits per heavy atom. The van der Waals surface area contributed by atoms with Gasteiger partial charge in [0.25, 0.3) is 0 Å². The smallest absolute Gasteiger partial charge is 0.203 e. The van der Waals surface area contributed by atoms with Crippen LogP contribution >= 0.6 is 11.8 Å². The van der Waals surface area contributed by atoms with E-state index in [0.717, 1.165) is 10.5 Å². The van der Waals surface area contributed by atoms with Crippen LogP contribution in [-0.2, 0) is 0 Å². The first-order valence-corrected chi connectivity index (χ1v) is 9.10. The summed E-state index contributed by atoms with van der Waals surface area (Å²) in [6.07, 6.45) is 5.29. The molecular formula is C20H22O4S. The van der Waals surface area contributed by atoms with Crippen LogP contribution in [0, 0.1) is 0 Å². The number of ketones is 1. The summed E-state index contributed by atoms with van der Waals surface area (Å²) < 4.78 is 16.3. The van der Waals surface area contributed by atoms with Gasteiger partial charge < -0.3 is 14.2 Å². The molecule has 0 saturated heterocycles. The Bertz CT molecular complexity index is 726. The fourth-order valence-electron chi connectivity index (χ4n) is 2.31. The van der Waals surface area contributed by atoms with Gasteiger partial charge in [-0.25, -0.2) is 0 Å². The first-order valence-electron chi connectivity index (χ1n) is 7.88. The molecule has 5 heteroatoms. The first kappa shape index (κ1) is 18.9. The minimum Gasteiger partial charge on any atom is -0.493 e. The molecular weight excluding hydrogens is 336 g/mol. The number of allylic oxidation sites excluding steroid dienone is 1. The quantitative estimate of drug-likeness (QED) is 0.388. The largest absolute Gasteiger partial charge is 0.493 e. The molecule has 0 aliphatic carbocycles. The van der Waals surface area contributed by atoms with Crippen molar-refractivity contribution in [3.8, 4) is 17.2 Å². The zero-order valence-electron chi connectivity index (χ0n) is 14.9. The molecule has 0 atom stereocenters. The molecule has 2 aromatic rings. The highest BCUT2D eigenvalue weighted by Gasteiger charge is 2.13. The molecule has 0 fully saturated rings. The van der Waals surface area contributed by atoms with Crippen LogP contribution in [0.25, 0.3) is 6.08 Å². The van der Waals surface area contributed by atoms with Gasteiger partial charge in [0.1, 0.15) is 0 Å².